The van der Waals surface area contributed by atoms with Crippen LogP contribution < -0.4 is 18.9 Å². The van der Waals surface area contributed by atoms with Crippen LogP contribution in [0.1, 0.15) is 22.3 Å². The maximum absolute atomic E-state index is 10.3. The van der Waals surface area contributed by atoms with Crippen LogP contribution in [0.4, 0.5) is 0 Å². The van der Waals surface area contributed by atoms with E-state index in [1.807, 2.05) is 97.1 Å². The Morgan fingerprint density at radius 2 is 0.900 bits per heavy atom. The third-order valence-corrected chi connectivity index (χ3v) is 7.06. The molecule has 4 aromatic rings. The predicted molar refractivity (Wildman–Crippen MR) is 156 cm³/mol. The van der Waals surface area contributed by atoms with Crippen molar-refractivity contribution in [3.05, 3.63) is 119 Å². The van der Waals surface area contributed by atoms with Crippen LogP contribution in [-0.4, -0.2) is 37.6 Å². The van der Waals surface area contributed by atoms with Crippen molar-refractivity contribution >= 4 is 0 Å². The van der Waals surface area contributed by atoms with Crippen LogP contribution in [0.2, 0.25) is 0 Å². The minimum absolute atomic E-state index is 0.0464. The van der Waals surface area contributed by atoms with Crippen molar-refractivity contribution in [2.75, 3.05) is 27.4 Å². The van der Waals surface area contributed by atoms with Gasteiger partial charge in [0.1, 0.15) is 13.2 Å². The summed E-state index contributed by atoms with van der Waals surface area (Å²) in [7, 11) is 3.24. The summed E-state index contributed by atoms with van der Waals surface area (Å²) in [5.74, 6) is 2.31. The number of hydrogen-bond acceptors (Lipinski definition) is 6. The second kappa shape index (κ2) is 15.0. The van der Waals surface area contributed by atoms with Crippen LogP contribution in [-0.2, 0) is 26.1 Å². The van der Waals surface area contributed by atoms with Gasteiger partial charge in [-0.3, -0.25) is 0 Å². The van der Waals surface area contributed by atoms with Crippen LogP contribution in [0.25, 0.3) is 0 Å². The molecule has 40 heavy (non-hydrogen) atoms. The van der Waals surface area contributed by atoms with Crippen LogP contribution in [0, 0.1) is 11.8 Å². The molecule has 0 heterocycles. The Morgan fingerprint density at radius 3 is 1.25 bits per heavy atom. The van der Waals surface area contributed by atoms with Gasteiger partial charge in [0.25, 0.3) is 0 Å². The third-order valence-electron chi connectivity index (χ3n) is 7.06. The molecule has 0 spiro atoms. The molecular formula is C34H38O6. The molecule has 0 aliphatic heterocycles. The summed E-state index contributed by atoms with van der Waals surface area (Å²) < 4.78 is 23.2. The number of aliphatic hydroxyl groups excluding tert-OH is 2. The minimum atomic E-state index is -0.147. The Hall–Kier alpha value is -4.00. The van der Waals surface area contributed by atoms with Gasteiger partial charge in [-0.25, -0.2) is 0 Å². The van der Waals surface area contributed by atoms with Crippen LogP contribution in [0.5, 0.6) is 23.0 Å². The molecule has 6 nitrogen and oxygen atoms in total. The fourth-order valence-corrected chi connectivity index (χ4v) is 4.75. The minimum Gasteiger partial charge on any atom is -0.493 e. The van der Waals surface area contributed by atoms with Gasteiger partial charge in [0.15, 0.2) is 23.0 Å². The number of hydrogen-bond donors (Lipinski definition) is 2. The second-order valence-corrected chi connectivity index (χ2v) is 9.81. The van der Waals surface area contributed by atoms with E-state index in [1.54, 1.807) is 14.2 Å². The van der Waals surface area contributed by atoms with E-state index < -0.39 is 0 Å². The van der Waals surface area contributed by atoms with E-state index in [0.717, 1.165) is 22.3 Å². The average Bonchev–Trinajstić information content (AvgIpc) is 3.02. The van der Waals surface area contributed by atoms with Gasteiger partial charge >= 0.3 is 0 Å². The molecule has 4 aromatic carbocycles. The fraction of sp³-hybridized carbons (Fsp3) is 0.294. The van der Waals surface area contributed by atoms with Crippen LogP contribution >= 0.6 is 0 Å². The lowest BCUT2D eigenvalue weighted by Crippen LogP contribution is -2.26. The van der Waals surface area contributed by atoms with E-state index in [0.29, 0.717) is 49.1 Å². The van der Waals surface area contributed by atoms with E-state index in [4.69, 9.17) is 18.9 Å². The molecule has 2 N–H and O–H groups in total. The SMILES string of the molecule is COc1cc([13CH2][C@@H]([13CH2]O)[C@H](CO)[13CH2]c2ccc(OCc3ccccc3)c(OC)c2)ccc1OCc1ccccc1. The molecule has 6 heteroatoms. The first-order valence-corrected chi connectivity index (χ1v) is 13.5. The first-order chi connectivity index (χ1) is 19.6. The molecule has 0 fully saturated rings. The number of ether oxygens (including phenoxy) is 4. The highest BCUT2D eigenvalue weighted by atomic mass is 16.5. The van der Waals surface area contributed by atoms with Crippen molar-refractivity contribution in [3.8, 4) is 23.0 Å². The summed E-state index contributed by atoms with van der Waals surface area (Å²) in [6.07, 6.45) is 1.18. The molecule has 2 atom stereocenters. The Labute approximate surface area is 236 Å². The number of benzene rings is 4. The normalized spacial score (nSPS) is 12.4. The number of rotatable bonds is 15. The predicted octanol–water partition coefficient (Wildman–Crippen LogP) is 5.86. The van der Waals surface area contributed by atoms with Crippen molar-refractivity contribution in [3.63, 3.8) is 0 Å². The highest BCUT2D eigenvalue weighted by Gasteiger charge is 2.23. The molecule has 0 amide bonds. The van der Waals surface area contributed by atoms with Gasteiger partial charge < -0.3 is 29.2 Å². The number of aliphatic hydroxyl groups is 2. The van der Waals surface area contributed by atoms with Gasteiger partial charge in [0.2, 0.25) is 0 Å². The lowest BCUT2D eigenvalue weighted by molar-refractivity contribution is 0.119. The highest BCUT2D eigenvalue weighted by molar-refractivity contribution is 5.44. The zero-order chi connectivity index (χ0) is 28.2. The van der Waals surface area contributed by atoms with E-state index in [2.05, 4.69) is 0 Å². The molecule has 210 valence electrons. The smallest absolute Gasteiger partial charge is 0.161 e. The Balaban J connectivity index is 1.40. The summed E-state index contributed by atoms with van der Waals surface area (Å²) >= 11 is 0. The fourth-order valence-electron chi connectivity index (χ4n) is 4.75. The van der Waals surface area contributed by atoms with Gasteiger partial charge in [-0.2, -0.15) is 0 Å². The van der Waals surface area contributed by atoms with Gasteiger partial charge in [-0.15, -0.1) is 0 Å². The summed E-state index contributed by atoms with van der Waals surface area (Å²) in [5.41, 5.74) is 4.16. The molecule has 0 aliphatic carbocycles. The molecule has 0 radical (unpaired) electrons. The van der Waals surface area contributed by atoms with Gasteiger partial charge in [0, 0.05) is 13.2 Å². The second-order valence-electron chi connectivity index (χ2n) is 9.81. The van der Waals surface area contributed by atoms with Crippen LogP contribution in [0.3, 0.4) is 0 Å². The first-order valence-electron chi connectivity index (χ1n) is 13.5. The largest absolute Gasteiger partial charge is 0.493 e. The summed E-state index contributed by atoms with van der Waals surface area (Å²) in [6.45, 7) is 0.800. The molecule has 0 saturated carbocycles. The first kappa shape index (κ1) is 29.0. The van der Waals surface area contributed by atoms with Gasteiger partial charge in [-0.05, 0) is 71.2 Å². The van der Waals surface area contributed by atoms with E-state index in [-0.39, 0.29) is 25.0 Å². The highest BCUT2D eigenvalue weighted by Crippen LogP contribution is 2.33. The zero-order valence-electron chi connectivity index (χ0n) is 23.2. The monoisotopic (exact) mass is 545 g/mol. The average molecular weight is 546 g/mol. The van der Waals surface area contributed by atoms with E-state index >= 15 is 0 Å². The molecule has 0 aliphatic rings. The van der Waals surface area contributed by atoms with Crippen molar-refractivity contribution in [2.45, 2.75) is 26.1 Å². The molecule has 0 aromatic heterocycles. The molecule has 0 saturated heterocycles. The lowest BCUT2D eigenvalue weighted by Gasteiger charge is -2.25. The van der Waals surface area contributed by atoms with Crippen molar-refractivity contribution in [1.29, 1.82) is 0 Å². The van der Waals surface area contributed by atoms with Gasteiger partial charge in [-0.1, -0.05) is 72.8 Å². The summed E-state index contributed by atoms with van der Waals surface area (Å²) in [4.78, 5) is 0. The van der Waals surface area contributed by atoms with Crippen molar-refractivity contribution < 1.29 is 29.2 Å². The van der Waals surface area contributed by atoms with E-state index in [9.17, 15) is 10.2 Å². The Bertz CT molecular complexity index is 1210. The molecular weight excluding hydrogens is 507 g/mol. The maximum atomic E-state index is 10.3. The lowest BCUT2D eigenvalue weighted by atomic mass is 10.0. The Kier molecular flexibility index (Phi) is 10.8. The van der Waals surface area contributed by atoms with Gasteiger partial charge in [0.05, 0.1) is 14.2 Å². The van der Waals surface area contributed by atoms with E-state index in [1.165, 1.54) is 0 Å². The third kappa shape index (κ3) is 8.01. The quantitative estimate of drug-likeness (QED) is 0.182. The molecule has 0 unspecified atom stereocenters. The topological polar surface area (TPSA) is 77.4 Å². The van der Waals surface area contributed by atoms with Crippen LogP contribution in [0.15, 0.2) is 97.1 Å². The standard InChI is InChI=1S/C34H38O6/c1-37-33-19-27(13-15-31(33)39-23-25-9-5-3-6-10-25)17-29(21-35)30(22-36)18-28-14-16-32(34(20-28)38-2)40-24-26-11-7-4-8-12-26/h3-16,19-20,29-30,35-36H,17-18,21-24H2,1-2H3/t29-,30-/m0/s1/i17+1,18+1,21+1. The summed E-state index contributed by atoms with van der Waals surface area (Å²) in [5, 5.41) is 20.5. The molecule has 4 rings (SSSR count). The van der Waals surface area contributed by atoms with Crippen molar-refractivity contribution in [1.82, 2.24) is 0 Å². The molecule has 0 bridgehead atoms. The number of methoxy groups -OCH3 is 2. The van der Waals surface area contributed by atoms with Crippen molar-refractivity contribution in [2.24, 2.45) is 11.8 Å². The maximum Gasteiger partial charge on any atom is 0.161 e. The Morgan fingerprint density at radius 1 is 0.500 bits per heavy atom. The summed E-state index contributed by atoms with van der Waals surface area (Å²) in [6, 6.07) is 31.6. The zero-order valence-corrected chi connectivity index (χ0v) is 23.2.